The van der Waals surface area contributed by atoms with Crippen LogP contribution < -0.4 is 0 Å². The fourth-order valence-corrected chi connectivity index (χ4v) is 9.19. The standard InChI is InChI=1S/C56H59N4O3P/c61-64(62-43-27-5-1-3-25-41-59-53(47-33-17-9-18-34-47)51(45-29-13-7-14-30-45)57-55(59)49-37-21-11-22-38-49)63-44-28-6-2-4-26-42-60-54(48-35-19-10-20-36-48)52(46-31-15-8-16-32-46)58-56(60)50-39-23-12-24-40-50/h7-24,29-40,64H,1-6,25-28,41-44H2. The second-order valence-electron chi connectivity index (χ2n) is 16.2. The second-order valence-corrected chi connectivity index (χ2v) is 17.3. The lowest BCUT2D eigenvalue weighted by Crippen LogP contribution is -2.03. The van der Waals surface area contributed by atoms with E-state index in [0.29, 0.717) is 13.2 Å². The van der Waals surface area contributed by atoms with Crippen molar-refractivity contribution in [1.29, 1.82) is 0 Å². The van der Waals surface area contributed by atoms with E-state index in [1.54, 1.807) is 0 Å². The van der Waals surface area contributed by atoms with Crippen molar-refractivity contribution in [2.45, 2.75) is 77.3 Å². The summed E-state index contributed by atoms with van der Waals surface area (Å²) in [5.74, 6) is 1.99. The van der Waals surface area contributed by atoms with E-state index in [1.807, 2.05) is 0 Å². The average molecular weight is 867 g/mol. The molecule has 0 unspecified atom stereocenters. The van der Waals surface area contributed by atoms with Crippen molar-refractivity contribution >= 4 is 8.25 Å². The molecule has 0 atom stereocenters. The first-order valence-electron chi connectivity index (χ1n) is 23.1. The summed E-state index contributed by atoms with van der Waals surface area (Å²) in [6, 6.07) is 63.2. The van der Waals surface area contributed by atoms with E-state index in [1.165, 1.54) is 11.1 Å². The Kier molecular flexibility index (Phi) is 16.4. The van der Waals surface area contributed by atoms with Crippen LogP contribution in [0.4, 0.5) is 0 Å². The molecule has 7 nitrogen and oxygen atoms in total. The quantitative estimate of drug-likeness (QED) is 0.0447. The molecule has 326 valence electrons. The van der Waals surface area contributed by atoms with Gasteiger partial charge in [0.15, 0.2) is 0 Å². The molecule has 0 radical (unpaired) electrons. The maximum absolute atomic E-state index is 12.6. The Hall–Kier alpha value is -6.11. The van der Waals surface area contributed by atoms with Crippen molar-refractivity contribution in [3.63, 3.8) is 0 Å². The molecule has 2 aromatic heterocycles. The minimum atomic E-state index is -2.49. The number of unbranched alkanes of at least 4 members (excludes halogenated alkanes) is 8. The molecule has 6 aromatic carbocycles. The third-order valence-corrected chi connectivity index (χ3v) is 12.6. The maximum atomic E-state index is 12.6. The molecular weight excluding hydrogens is 808 g/mol. The average Bonchev–Trinajstić information content (AvgIpc) is 3.94. The van der Waals surface area contributed by atoms with Gasteiger partial charge in [-0.3, -0.25) is 4.57 Å². The summed E-state index contributed by atoms with van der Waals surface area (Å²) in [7, 11) is -2.49. The fraction of sp³-hybridized carbons (Fsp3) is 0.250. The van der Waals surface area contributed by atoms with Crippen LogP contribution in [0.3, 0.4) is 0 Å². The molecule has 8 aromatic rings. The third-order valence-electron chi connectivity index (χ3n) is 11.7. The van der Waals surface area contributed by atoms with Gasteiger partial charge in [0.05, 0.1) is 36.0 Å². The summed E-state index contributed by atoms with van der Waals surface area (Å²) in [5.41, 5.74) is 11.1. The van der Waals surface area contributed by atoms with Crippen LogP contribution in [0.15, 0.2) is 182 Å². The van der Waals surface area contributed by atoms with Gasteiger partial charge in [-0.05, 0) is 25.7 Å². The van der Waals surface area contributed by atoms with Crippen molar-refractivity contribution in [3.05, 3.63) is 182 Å². The van der Waals surface area contributed by atoms with Gasteiger partial charge in [-0.15, -0.1) is 0 Å². The first-order chi connectivity index (χ1) is 31.7. The maximum Gasteiger partial charge on any atom is 0.319 e. The Bertz CT molecular complexity index is 2430. The van der Waals surface area contributed by atoms with Crippen LogP contribution in [-0.2, 0) is 26.7 Å². The lowest BCUT2D eigenvalue weighted by atomic mass is 10.0. The summed E-state index contributed by atoms with van der Waals surface area (Å²) in [6.45, 7) is 2.67. The highest BCUT2D eigenvalue weighted by Crippen LogP contribution is 2.38. The van der Waals surface area contributed by atoms with Crippen LogP contribution in [0.2, 0.25) is 0 Å². The highest BCUT2D eigenvalue weighted by molar-refractivity contribution is 7.33. The van der Waals surface area contributed by atoms with Gasteiger partial charge in [-0.2, -0.15) is 0 Å². The van der Waals surface area contributed by atoms with Gasteiger partial charge in [0, 0.05) is 46.5 Å². The summed E-state index contributed by atoms with van der Waals surface area (Å²) in [5, 5.41) is 0. The van der Waals surface area contributed by atoms with E-state index in [0.717, 1.165) is 134 Å². The molecule has 0 bridgehead atoms. The van der Waals surface area contributed by atoms with Gasteiger partial charge in [0.25, 0.3) is 0 Å². The van der Waals surface area contributed by atoms with Gasteiger partial charge in [0.1, 0.15) is 11.6 Å². The lowest BCUT2D eigenvalue weighted by Gasteiger charge is -2.14. The first-order valence-corrected chi connectivity index (χ1v) is 24.3. The number of hydrogen-bond acceptors (Lipinski definition) is 5. The molecule has 0 fully saturated rings. The largest absolute Gasteiger partial charge is 0.323 e. The molecule has 0 saturated carbocycles. The van der Waals surface area contributed by atoms with E-state index in [-0.39, 0.29) is 0 Å². The van der Waals surface area contributed by atoms with E-state index in [2.05, 4.69) is 191 Å². The molecule has 8 rings (SSSR count). The SMILES string of the molecule is O=[PH](OCCCCCCCn1c(-c2ccccc2)nc(-c2ccccc2)c1-c1ccccc1)OCCCCCCCn1c(-c2ccccc2)nc(-c2ccccc2)c1-c1ccccc1. The van der Waals surface area contributed by atoms with Gasteiger partial charge in [-0.25, -0.2) is 9.97 Å². The molecule has 0 aliphatic heterocycles. The predicted octanol–water partition coefficient (Wildman–Crippen LogP) is 15.1. The van der Waals surface area contributed by atoms with Gasteiger partial charge < -0.3 is 18.2 Å². The highest BCUT2D eigenvalue weighted by atomic mass is 31.1. The lowest BCUT2D eigenvalue weighted by molar-refractivity contribution is 0.218. The molecular formula is C56H59N4O3P. The Balaban J connectivity index is 0.753. The Morgan fingerprint density at radius 2 is 0.625 bits per heavy atom. The van der Waals surface area contributed by atoms with E-state index in [4.69, 9.17) is 19.0 Å². The number of benzene rings is 6. The zero-order valence-corrected chi connectivity index (χ0v) is 37.7. The van der Waals surface area contributed by atoms with Crippen LogP contribution in [0.25, 0.3) is 67.8 Å². The fourth-order valence-electron chi connectivity index (χ4n) is 8.49. The molecule has 2 heterocycles. The van der Waals surface area contributed by atoms with Gasteiger partial charge in [0.2, 0.25) is 0 Å². The molecule has 64 heavy (non-hydrogen) atoms. The summed E-state index contributed by atoms with van der Waals surface area (Å²) in [6.07, 6.45) is 10.2. The number of hydrogen-bond donors (Lipinski definition) is 0. The number of aromatic nitrogens is 4. The zero-order valence-electron chi connectivity index (χ0n) is 36.7. The van der Waals surface area contributed by atoms with Crippen molar-refractivity contribution in [1.82, 2.24) is 19.1 Å². The normalized spacial score (nSPS) is 11.4. The molecule has 0 saturated heterocycles. The zero-order chi connectivity index (χ0) is 43.6. The molecule has 0 N–H and O–H groups in total. The Morgan fingerprint density at radius 3 is 0.969 bits per heavy atom. The summed E-state index contributed by atoms with van der Waals surface area (Å²) in [4.78, 5) is 10.5. The van der Waals surface area contributed by atoms with Crippen LogP contribution in [0.5, 0.6) is 0 Å². The molecule has 0 spiro atoms. The van der Waals surface area contributed by atoms with Crippen molar-refractivity contribution in [2.24, 2.45) is 0 Å². The predicted molar refractivity (Wildman–Crippen MR) is 264 cm³/mol. The smallest absolute Gasteiger partial charge is 0.319 e. The van der Waals surface area contributed by atoms with E-state index < -0.39 is 8.25 Å². The first kappa shape index (κ1) is 44.5. The van der Waals surface area contributed by atoms with Crippen LogP contribution in [-0.4, -0.2) is 32.3 Å². The van der Waals surface area contributed by atoms with Crippen LogP contribution in [0, 0.1) is 0 Å². The minimum absolute atomic E-state index is 0.465. The monoisotopic (exact) mass is 866 g/mol. The number of rotatable bonds is 24. The van der Waals surface area contributed by atoms with Gasteiger partial charge in [-0.1, -0.05) is 221 Å². The number of imidazole rings is 2. The molecule has 0 aliphatic carbocycles. The summed E-state index contributed by atoms with van der Waals surface area (Å²) < 4.78 is 28.6. The molecule has 8 heteroatoms. The van der Waals surface area contributed by atoms with Crippen LogP contribution in [0.1, 0.15) is 64.2 Å². The third kappa shape index (κ3) is 11.7. The van der Waals surface area contributed by atoms with E-state index >= 15 is 0 Å². The Labute approximate surface area is 379 Å². The molecule has 0 aliphatic rings. The second kappa shape index (κ2) is 23.5. The van der Waals surface area contributed by atoms with Crippen molar-refractivity contribution in [3.8, 4) is 67.8 Å². The highest BCUT2D eigenvalue weighted by Gasteiger charge is 2.22. The number of nitrogens with zero attached hydrogens (tertiary/aromatic N) is 4. The van der Waals surface area contributed by atoms with Crippen LogP contribution >= 0.6 is 8.25 Å². The topological polar surface area (TPSA) is 71.2 Å². The minimum Gasteiger partial charge on any atom is -0.323 e. The Morgan fingerprint density at radius 1 is 0.344 bits per heavy atom. The van der Waals surface area contributed by atoms with Crippen molar-refractivity contribution < 1.29 is 13.6 Å². The summed E-state index contributed by atoms with van der Waals surface area (Å²) >= 11 is 0. The van der Waals surface area contributed by atoms with Crippen molar-refractivity contribution in [2.75, 3.05) is 13.2 Å². The van der Waals surface area contributed by atoms with Gasteiger partial charge >= 0.3 is 8.25 Å². The van der Waals surface area contributed by atoms with E-state index in [9.17, 15) is 4.57 Å². The molecule has 0 amide bonds.